The van der Waals surface area contributed by atoms with E-state index < -0.39 is 0 Å². The molecule has 0 N–H and O–H groups in total. The summed E-state index contributed by atoms with van der Waals surface area (Å²) in [5.74, 6) is 0.659. The Morgan fingerprint density at radius 1 is 1.00 bits per heavy atom. The zero-order valence-electron chi connectivity index (χ0n) is 15.5. The summed E-state index contributed by atoms with van der Waals surface area (Å²) in [6, 6.07) is 11.8. The minimum absolute atomic E-state index is 0.0657. The number of fused-ring (bicyclic) bond motifs is 1. The molecule has 0 radical (unpaired) electrons. The summed E-state index contributed by atoms with van der Waals surface area (Å²) in [6.45, 7) is 7.47. The summed E-state index contributed by atoms with van der Waals surface area (Å²) in [7, 11) is 2.08. The zero-order chi connectivity index (χ0) is 18.3. The van der Waals surface area contributed by atoms with Gasteiger partial charge in [0, 0.05) is 37.3 Å². The first kappa shape index (κ1) is 16.8. The van der Waals surface area contributed by atoms with E-state index in [-0.39, 0.29) is 5.91 Å². The van der Waals surface area contributed by atoms with E-state index in [1.54, 1.807) is 0 Å². The van der Waals surface area contributed by atoms with Crippen LogP contribution in [0.2, 0.25) is 0 Å². The normalized spacial score (nSPS) is 15.6. The minimum atomic E-state index is 0.0657. The number of benzene rings is 2. The molecule has 1 aliphatic heterocycles. The van der Waals surface area contributed by atoms with Gasteiger partial charge < -0.3 is 14.2 Å². The van der Waals surface area contributed by atoms with Gasteiger partial charge in [-0.05, 0) is 51.2 Å². The maximum absolute atomic E-state index is 12.8. The average molecular weight is 349 g/mol. The predicted molar refractivity (Wildman–Crippen MR) is 102 cm³/mol. The number of carbonyl (C=O) groups is 1. The van der Waals surface area contributed by atoms with E-state index in [2.05, 4.69) is 49.0 Å². The fourth-order valence-electron chi connectivity index (χ4n) is 3.47. The second-order valence-electron chi connectivity index (χ2n) is 7.17. The Kier molecular flexibility index (Phi) is 4.24. The molecule has 0 saturated carbocycles. The van der Waals surface area contributed by atoms with Crippen molar-refractivity contribution in [1.82, 2.24) is 14.8 Å². The van der Waals surface area contributed by atoms with Crippen LogP contribution in [0.5, 0.6) is 0 Å². The Bertz CT molecular complexity index is 948. The number of nitrogens with zero attached hydrogens (tertiary/aromatic N) is 3. The number of amides is 1. The van der Waals surface area contributed by atoms with Crippen molar-refractivity contribution >= 4 is 17.0 Å². The number of aromatic nitrogens is 1. The Morgan fingerprint density at radius 3 is 2.38 bits per heavy atom. The first-order valence-electron chi connectivity index (χ1n) is 8.97. The van der Waals surface area contributed by atoms with Crippen LogP contribution in [0.1, 0.15) is 21.5 Å². The SMILES string of the molecule is Cc1cc(C)cc(-c2nc3cc(C(=O)N4CCN(C)CC4)ccc3o2)c1. The van der Waals surface area contributed by atoms with Crippen LogP contribution < -0.4 is 0 Å². The topological polar surface area (TPSA) is 49.6 Å². The van der Waals surface area contributed by atoms with E-state index >= 15 is 0 Å². The summed E-state index contributed by atoms with van der Waals surface area (Å²) in [4.78, 5) is 21.5. The third-order valence-electron chi connectivity index (χ3n) is 4.89. The van der Waals surface area contributed by atoms with Crippen molar-refractivity contribution in [2.45, 2.75) is 13.8 Å². The van der Waals surface area contributed by atoms with Gasteiger partial charge in [-0.3, -0.25) is 4.79 Å². The van der Waals surface area contributed by atoms with Crippen LogP contribution in [-0.4, -0.2) is 53.9 Å². The molecule has 1 fully saturated rings. The molecule has 3 aromatic rings. The lowest BCUT2D eigenvalue weighted by Crippen LogP contribution is -2.47. The summed E-state index contributed by atoms with van der Waals surface area (Å²) in [5.41, 5.74) is 5.41. The number of rotatable bonds is 2. The number of oxazole rings is 1. The monoisotopic (exact) mass is 349 g/mol. The molecule has 0 aliphatic carbocycles. The average Bonchev–Trinajstić information content (AvgIpc) is 3.04. The standard InChI is InChI=1S/C21H23N3O2/c1-14-10-15(2)12-17(11-14)20-22-18-13-16(4-5-19(18)26-20)21(25)24-8-6-23(3)7-9-24/h4-5,10-13H,6-9H2,1-3H3. The molecule has 0 atom stereocenters. The van der Waals surface area contributed by atoms with E-state index in [0.29, 0.717) is 17.0 Å². The van der Waals surface area contributed by atoms with Gasteiger partial charge in [0.25, 0.3) is 5.91 Å². The third kappa shape index (κ3) is 3.22. The summed E-state index contributed by atoms with van der Waals surface area (Å²) >= 11 is 0. The molecule has 1 aromatic heterocycles. The second kappa shape index (κ2) is 6.57. The summed E-state index contributed by atoms with van der Waals surface area (Å²) in [6.07, 6.45) is 0. The molecule has 2 heterocycles. The molecule has 2 aromatic carbocycles. The van der Waals surface area contributed by atoms with Gasteiger partial charge in [0.1, 0.15) is 5.52 Å². The minimum Gasteiger partial charge on any atom is -0.436 e. The molecule has 4 rings (SSSR count). The van der Waals surface area contributed by atoms with Crippen molar-refractivity contribution in [3.8, 4) is 11.5 Å². The fourth-order valence-corrected chi connectivity index (χ4v) is 3.47. The highest BCUT2D eigenvalue weighted by atomic mass is 16.3. The molecular formula is C21H23N3O2. The molecule has 134 valence electrons. The van der Waals surface area contributed by atoms with Gasteiger partial charge >= 0.3 is 0 Å². The van der Waals surface area contributed by atoms with Gasteiger partial charge in [0.2, 0.25) is 5.89 Å². The molecule has 1 saturated heterocycles. The number of carbonyl (C=O) groups excluding carboxylic acids is 1. The van der Waals surface area contributed by atoms with Crippen LogP contribution in [0, 0.1) is 13.8 Å². The van der Waals surface area contributed by atoms with E-state index in [9.17, 15) is 4.79 Å². The lowest BCUT2D eigenvalue weighted by atomic mass is 10.1. The van der Waals surface area contributed by atoms with Crippen molar-refractivity contribution < 1.29 is 9.21 Å². The van der Waals surface area contributed by atoms with Gasteiger partial charge in [0.15, 0.2) is 5.58 Å². The van der Waals surface area contributed by atoms with Gasteiger partial charge in [-0.1, -0.05) is 17.2 Å². The molecule has 1 aliphatic rings. The first-order valence-corrected chi connectivity index (χ1v) is 8.97. The molecule has 5 nitrogen and oxygen atoms in total. The van der Waals surface area contributed by atoms with Crippen molar-refractivity contribution in [3.63, 3.8) is 0 Å². The molecule has 0 spiro atoms. The van der Waals surface area contributed by atoms with E-state index in [0.717, 1.165) is 37.3 Å². The van der Waals surface area contributed by atoms with Crippen LogP contribution in [0.15, 0.2) is 40.8 Å². The smallest absolute Gasteiger partial charge is 0.254 e. The van der Waals surface area contributed by atoms with Crippen LogP contribution in [0.25, 0.3) is 22.6 Å². The fraction of sp³-hybridized carbons (Fsp3) is 0.333. The molecular weight excluding hydrogens is 326 g/mol. The van der Waals surface area contributed by atoms with Crippen molar-refractivity contribution in [2.24, 2.45) is 0 Å². The van der Waals surface area contributed by atoms with Crippen LogP contribution in [-0.2, 0) is 0 Å². The highest BCUT2D eigenvalue weighted by Gasteiger charge is 2.21. The first-order chi connectivity index (χ1) is 12.5. The van der Waals surface area contributed by atoms with Crippen molar-refractivity contribution in [2.75, 3.05) is 33.2 Å². The van der Waals surface area contributed by atoms with Crippen LogP contribution in [0.3, 0.4) is 0 Å². The Balaban J connectivity index is 1.64. The lowest BCUT2D eigenvalue weighted by Gasteiger charge is -2.32. The van der Waals surface area contributed by atoms with Gasteiger partial charge in [-0.15, -0.1) is 0 Å². The van der Waals surface area contributed by atoms with Gasteiger partial charge in [-0.2, -0.15) is 0 Å². The van der Waals surface area contributed by atoms with Gasteiger partial charge in [0.05, 0.1) is 0 Å². The number of likely N-dealkylation sites (N-methyl/N-ethyl adjacent to an activating group) is 1. The largest absolute Gasteiger partial charge is 0.436 e. The Morgan fingerprint density at radius 2 is 1.69 bits per heavy atom. The van der Waals surface area contributed by atoms with Crippen molar-refractivity contribution in [1.29, 1.82) is 0 Å². The maximum Gasteiger partial charge on any atom is 0.254 e. The molecule has 0 unspecified atom stereocenters. The predicted octanol–water partition coefficient (Wildman–Crippen LogP) is 3.50. The van der Waals surface area contributed by atoms with Crippen LogP contribution in [0.4, 0.5) is 0 Å². The number of aryl methyl sites for hydroxylation is 2. The molecule has 1 amide bonds. The highest BCUT2D eigenvalue weighted by Crippen LogP contribution is 2.27. The third-order valence-corrected chi connectivity index (χ3v) is 4.89. The number of hydrogen-bond donors (Lipinski definition) is 0. The second-order valence-corrected chi connectivity index (χ2v) is 7.17. The van der Waals surface area contributed by atoms with Crippen LogP contribution >= 0.6 is 0 Å². The van der Waals surface area contributed by atoms with E-state index in [1.165, 1.54) is 11.1 Å². The number of piperazine rings is 1. The molecule has 26 heavy (non-hydrogen) atoms. The summed E-state index contributed by atoms with van der Waals surface area (Å²) in [5, 5.41) is 0. The Hall–Kier alpha value is -2.66. The summed E-state index contributed by atoms with van der Waals surface area (Å²) < 4.78 is 5.92. The zero-order valence-corrected chi connectivity index (χ0v) is 15.5. The lowest BCUT2D eigenvalue weighted by molar-refractivity contribution is 0.0664. The highest BCUT2D eigenvalue weighted by molar-refractivity contribution is 5.97. The van der Waals surface area contributed by atoms with Crippen molar-refractivity contribution in [3.05, 3.63) is 53.1 Å². The molecule has 0 bridgehead atoms. The van der Waals surface area contributed by atoms with E-state index in [4.69, 9.17) is 4.42 Å². The Labute approximate surface area is 153 Å². The number of hydrogen-bond acceptors (Lipinski definition) is 4. The van der Waals surface area contributed by atoms with E-state index in [1.807, 2.05) is 23.1 Å². The molecule has 5 heteroatoms. The quantitative estimate of drug-likeness (QED) is 0.710. The van der Waals surface area contributed by atoms with Gasteiger partial charge in [-0.25, -0.2) is 4.98 Å². The maximum atomic E-state index is 12.8.